The van der Waals surface area contributed by atoms with Crippen LogP contribution in [-0.2, 0) is 9.53 Å². The van der Waals surface area contributed by atoms with Crippen LogP contribution in [0.5, 0.6) is 0 Å². The summed E-state index contributed by atoms with van der Waals surface area (Å²) in [4.78, 5) is 11.4. The Morgan fingerprint density at radius 3 is 2.67 bits per heavy atom. The van der Waals surface area contributed by atoms with Crippen molar-refractivity contribution in [2.24, 2.45) is 5.92 Å². The van der Waals surface area contributed by atoms with Crippen molar-refractivity contribution >= 4 is 5.97 Å². The molecule has 0 saturated heterocycles. The van der Waals surface area contributed by atoms with Gasteiger partial charge < -0.3 is 9.84 Å². The number of benzene rings is 1. The average Bonchev–Trinajstić information content (AvgIpc) is 2.47. The summed E-state index contributed by atoms with van der Waals surface area (Å²) in [6.45, 7) is 0. The summed E-state index contributed by atoms with van der Waals surface area (Å²) in [5.41, 5.74) is 1.90. The van der Waals surface area contributed by atoms with E-state index >= 15 is 0 Å². The summed E-state index contributed by atoms with van der Waals surface area (Å²) in [5, 5.41) is 10.2. The lowest BCUT2D eigenvalue weighted by atomic mass is 9.86. The van der Waals surface area contributed by atoms with Gasteiger partial charge in [0.2, 0.25) is 0 Å². The molecule has 0 spiro atoms. The first-order valence-corrected chi connectivity index (χ1v) is 6.22. The van der Waals surface area contributed by atoms with E-state index in [1.807, 2.05) is 36.4 Å². The maximum atomic E-state index is 11.4. The number of aliphatic hydroxyl groups is 1. The van der Waals surface area contributed by atoms with Gasteiger partial charge in [-0.1, -0.05) is 36.4 Å². The first-order valence-electron chi connectivity index (χ1n) is 6.22. The van der Waals surface area contributed by atoms with Crippen molar-refractivity contribution in [2.45, 2.75) is 25.4 Å². The van der Waals surface area contributed by atoms with Crippen molar-refractivity contribution in [3.8, 4) is 0 Å². The van der Waals surface area contributed by atoms with E-state index in [9.17, 15) is 9.90 Å². The zero-order valence-electron chi connectivity index (χ0n) is 10.5. The number of esters is 1. The van der Waals surface area contributed by atoms with Crippen LogP contribution in [0.4, 0.5) is 0 Å². The molecule has 1 aromatic carbocycles. The molecule has 1 N–H and O–H groups in total. The molecule has 2 atom stereocenters. The van der Waals surface area contributed by atoms with Gasteiger partial charge in [-0.2, -0.15) is 0 Å². The Bertz CT molecular complexity index is 436. The van der Waals surface area contributed by atoms with Crippen LogP contribution in [-0.4, -0.2) is 18.2 Å². The van der Waals surface area contributed by atoms with Crippen molar-refractivity contribution in [3.05, 3.63) is 47.5 Å². The highest BCUT2D eigenvalue weighted by Gasteiger charge is 2.24. The summed E-state index contributed by atoms with van der Waals surface area (Å²) in [5.74, 6) is -0.207. The van der Waals surface area contributed by atoms with E-state index in [4.69, 9.17) is 4.74 Å². The third-order valence-corrected chi connectivity index (χ3v) is 3.45. The maximum Gasteiger partial charge on any atom is 0.308 e. The highest BCUT2D eigenvalue weighted by Crippen LogP contribution is 2.32. The number of carbonyl (C=O) groups is 1. The molecule has 0 aliphatic heterocycles. The minimum absolute atomic E-state index is 0.0540. The Kier molecular flexibility index (Phi) is 4.15. The van der Waals surface area contributed by atoms with E-state index < -0.39 is 6.10 Å². The number of hydrogen-bond donors (Lipinski definition) is 1. The zero-order chi connectivity index (χ0) is 13.0. The van der Waals surface area contributed by atoms with E-state index in [1.54, 1.807) is 0 Å². The van der Waals surface area contributed by atoms with Crippen LogP contribution in [0.25, 0.3) is 0 Å². The zero-order valence-corrected chi connectivity index (χ0v) is 10.5. The van der Waals surface area contributed by atoms with Crippen LogP contribution in [0.15, 0.2) is 42.0 Å². The van der Waals surface area contributed by atoms with E-state index in [0.29, 0.717) is 6.42 Å². The first kappa shape index (κ1) is 12.8. The smallest absolute Gasteiger partial charge is 0.308 e. The molecule has 0 fully saturated rings. The normalized spacial score (nSPS) is 21.0. The SMILES string of the molecule is COC(=O)C1CC=C(C(O)c2ccccc2)CC1. The van der Waals surface area contributed by atoms with Crippen LogP contribution in [0.1, 0.15) is 30.9 Å². The van der Waals surface area contributed by atoms with E-state index in [1.165, 1.54) is 7.11 Å². The number of carbonyl (C=O) groups excluding carboxylic acids is 1. The number of rotatable bonds is 3. The number of aliphatic hydroxyl groups excluding tert-OH is 1. The topological polar surface area (TPSA) is 46.5 Å². The fourth-order valence-corrected chi connectivity index (χ4v) is 2.33. The van der Waals surface area contributed by atoms with Gasteiger partial charge in [-0.25, -0.2) is 0 Å². The molecule has 3 heteroatoms. The highest BCUT2D eigenvalue weighted by molar-refractivity contribution is 5.72. The quantitative estimate of drug-likeness (QED) is 0.658. The number of methoxy groups -OCH3 is 1. The molecule has 0 saturated carbocycles. The highest BCUT2D eigenvalue weighted by atomic mass is 16.5. The molecule has 3 nitrogen and oxygen atoms in total. The Morgan fingerprint density at radius 1 is 1.39 bits per heavy atom. The summed E-state index contributed by atoms with van der Waals surface area (Å²) >= 11 is 0. The minimum Gasteiger partial charge on any atom is -0.469 e. The van der Waals surface area contributed by atoms with Crippen molar-refractivity contribution < 1.29 is 14.6 Å². The lowest BCUT2D eigenvalue weighted by molar-refractivity contribution is -0.145. The second-order valence-corrected chi connectivity index (χ2v) is 4.59. The van der Waals surface area contributed by atoms with E-state index in [-0.39, 0.29) is 11.9 Å². The number of allylic oxidation sites excluding steroid dienone is 1. The molecule has 1 aliphatic carbocycles. The molecule has 0 radical (unpaired) electrons. The largest absolute Gasteiger partial charge is 0.469 e. The maximum absolute atomic E-state index is 11.4. The molecular weight excluding hydrogens is 228 g/mol. The third-order valence-electron chi connectivity index (χ3n) is 3.45. The fourth-order valence-electron chi connectivity index (χ4n) is 2.33. The summed E-state index contributed by atoms with van der Waals surface area (Å²) in [7, 11) is 1.42. The molecule has 0 heterocycles. The molecule has 1 aromatic rings. The lowest BCUT2D eigenvalue weighted by Gasteiger charge is -2.23. The van der Waals surface area contributed by atoms with E-state index in [0.717, 1.165) is 24.0 Å². The molecular formula is C15H18O3. The van der Waals surface area contributed by atoms with Gasteiger partial charge in [0.05, 0.1) is 13.0 Å². The predicted molar refractivity (Wildman–Crippen MR) is 68.8 cm³/mol. The summed E-state index contributed by atoms with van der Waals surface area (Å²) < 4.78 is 4.74. The van der Waals surface area contributed by atoms with Gasteiger partial charge in [-0.05, 0) is 30.4 Å². The molecule has 1 aliphatic rings. The van der Waals surface area contributed by atoms with Gasteiger partial charge in [0.25, 0.3) is 0 Å². The molecule has 2 rings (SSSR count). The van der Waals surface area contributed by atoms with Gasteiger partial charge in [0, 0.05) is 0 Å². The second kappa shape index (κ2) is 5.83. The Morgan fingerprint density at radius 2 is 2.11 bits per heavy atom. The predicted octanol–water partition coefficient (Wildman–Crippen LogP) is 2.62. The van der Waals surface area contributed by atoms with Crippen molar-refractivity contribution in [1.82, 2.24) is 0 Å². The van der Waals surface area contributed by atoms with Crippen LogP contribution >= 0.6 is 0 Å². The van der Waals surface area contributed by atoms with E-state index in [2.05, 4.69) is 0 Å². The van der Waals surface area contributed by atoms with Crippen molar-refractivity contribution in [2.75, 3.05) is 7.11 Å². The molecule has 96 valence electrons. The van der Waals surface area contributed by atoms with Gasteiger partial charge in [-0.15, -0.1) is 0 Å². The van der Waals surface area contributed by atoms with Gasteiger partial charge in [0.1, 0.15) is 6.10 Å². The molecule has 2 unspecified atom stereocenters. The summed E-state index contributed by atoms with van der Waals surface area (Å²) in [6, 6.07) is 9.59. The van der Waals surface area contributed by atoms with Crippen molar-refractivity contribution in [3.63, 3.8) is 0 Å². The van der Waals surface area contributed by atoms with Gasteiger partial charge >= 0.3 is 5.97 Å². The average molecular weight is 246 g/mol. The fraction of sp³-hybridized carbons (Fsp3) is 0.400. The molecule has 0 amide bonds. The minimum atomic E-state index is -0.551. The Labute approximate surface area is 107 Å². The number of hydrogen-bond acceptors (Lipinski definition) is 3. The summed E-state index contributed by atoms with van der Waals surface area (Å²) in [6.07, 6.45) is 3.58. The Balaban J connectivity index is 2.04. The first-order chi connectivity index (χ1) is 8.72. The lowest BCUT2D eigenvalue weighted by Crippen LogP contribution is -2.19. The van der Waals surface area contributed by atoms with Crippen LogP contribution in [0.2, 0.25) is 0 Å². The molecule has 0 aromatic heterocycles. The monoisotopic (exact) mass is 246 g/mol. The van der Waals surface area contributed by atoms with Crippen LogP contribution in [0, 0.1) is 5.92 Å². The van der Waals surface area contributed by atoms with Gasteiger partial charge in [0.15, 0.2) is 0 Å². The van der Waals surface area contributed by atoms with Crippen molar-refractivity contribution in [1.29, 1.82) is 0 Å². The van der Waals surface area contributed by atoms with Crippen LogP contribution < -0.4 is 0 Å². The second-order valence-electron chi connectivity index (χ2n) is 4.59. The number of ether oxygens (including phenoxy) is 1. The molecule has 18 heavy (non-hydrogen) atoms. The molecule has 0 bridgehead atoms. The van der Waals surface area contributed by atoms with Gasteiger partial charge in [-0.3, -0.25) is 4.79 Å². The third kappa shape index (κ3) is 2.79. The Hall–Kier alpha value is -1.61. The van der Waals surface area contributed by atoms with Crippen LogP contribution in [0.3, 0.4) is 0 Å². The standard InChI is InChI=1S/C15H18O3/c1-18-15(17)13-9-7-12(8-10-13)14(16)11-5-3-2-4-6-11/h2-7,13-14,16H,8-10H2,1H3.